The van der Waals surface area contributed by atoms with Crippen LogP contribution in [-0.4, -0.2) is 47.8 Å². The predicted octanol–water partition coefficient (Wildman–Crippen LogP) is 4.97. The predicted molar refractivity (Wildman–Crippen MR) is 116 cm³/mol. The second-order valence-electron chi connectivity index (χ2n) is 8.83. The van der Waals surface area contributed by atoms with E-state index in [4.69, 9.17) is 0 Å². The Kier molecular flexibility index (Phi) is 7.55. The first-order chi connectivity index (χ1) is 13.5. The summed E-state index contributed by atoms with van der Waals surface area (Å²) in [6.07, 6.45) is 7.65. The molecule has 2 aliphatic rings. The Morgan fingerprint density at radius 2 is 1.86 bits per heavy atom. The van der Waals surface area contributed by atoms with Gasteiger partial charge in [-0.05, 0) is 82.8 Å². The Morgan fingerprint density at radius 3 is 2.50 bits per heavy atom. The number of carbonyl (C=O) groups is 2. The van der Waals surface area contributed by atoms with Gasteiger partial charge < -0.3 is 9.80 Å². The Balaban J connectivity index is 1.52. The molecule has 0 spiro atoms. The third kappa shape index (κ3) is 5.37. The van der Waals surface area contributed by atoms with E-state index in [1.165, 1.54) is 17.7 Å². The molecule has 0 bridgehead atoms. The fraction of sp³-hybridized carbons (Fsp3) is 0.739. The molecule has 1 aliphatic carbocycles. The quantitative estimate of drug-likeness (QED) is 0.695. The monoisotopic (exact) mass is 404 g/mol. The second-order valence-corrected chi connectivity index (χ2v) is 10.1. The van der Waals surface area contributed by atoms with Crippen molar-refractivity contribution in [1.82, 2.24) is 9.80 Å². The molecule has 1 atom stereocenters. The van der Waals surface area contributed by atoms with Gasteiger partial charge in [-0.1, -0.05) is 6.92 Å². The van der Waals surface area contributed by atoms with Crippen molar-refractivity contribution in [3.8, 4) is 0 Å². The van der Waals surface area contributed by atoms with Crippen molar-refractivity contribution in [1.29, 1.82) is 0 Å². The van der Waals surface area contributed by atoms with Gasteiger partial charge in [0.05, 0.1) is 4.88 Å². The molecule has 0 N–H and O–H groups in total. The van der Waals surface area contributed by atoms with Crippen molar-refractivity contribution in [2.45, 2.75) is 65.7 Å². The number of rotatable bonds is 5. The van der Waals surface area contributed by atoms with Crippen molar-refractivity contribution in [3.05, 3.63) is 21.9 Å². The number of aryl methyl sites for hydroxylation is 1. The van der Waals surface area contributed by atoms with Gasteiger partial charge in [0.15, 0.2) is 0 Å². The number of hydrogen-bond donors (Lipinski definition) is 0. The van der Waals surface area contributed by atoms with E-state index in [0.29, 0.717) is 11.8 Å². The van der Waals surface area contributed by atoms with E-state index in [9.17, 15) is 9.59 Å². The van der Waals surface area contributed by atoms with Crippen molar-refractivity contribution < 1.29 is 9.59 Å². The van der Waals surface area contributed by atoms with Gasteiger partial charge in [-0.25, -0.2) is 0 Å². The lowest BCUT2D eigenvalue weighted by Gasteiger charge is -2.32. The largest absolute Gasteiger partial charge is 0.342 e. The fourth-order valence-corrected chi connectivity index (χ4v) is 5.54. The van der Waals surface area contributed by atoms with Gasteiger partial charge >= 0.3 is 0 Å². The third-order valence-electron chi connectivity index (χ3n) is 6.62. The molecule has 0 radical (unpaired) electrons. The summed E-state index contributed by atoms with van der Waals surface area (Å²) in [6.45, 7) is 9.77. The molecule has 1 aromatic heterocycles. The lowest BCUT2D eigenvalue weighted by molar-refractivity contribution is -0.137. The van der Waals surface area contributed by atoms with Crippen LogP contribution < -0.4 is 0 Å². The van der Waals surface area contributed by atoms with Gasteiger partial charge in [-0.3, -0.25) is 9.59 Å². The molecule has 1 aromatic rings. The zero-order valence-electron chi connectivity index (χ0n) is 17.8. The Bertz CT molecular complexity index is 663. The normalized spacial score (nSPS) is 26.0. The Hall–Kier alpha value is -1.36. The average molecular weight is 405 g/mol. The van der Waals surface area contributed by atoms with Crippen LogP contribution in [-0.2, 0) is 4.79 Å². The van der Waals surface area contributed by atoms with Crippen LogP contribution in [0.2, 0.25) is 0 Å². The zero-order valence-corrected chi connectivity index (χ0v) is 18.6. The summed E-state index contributed by atoms with van der Waals surface area (Å²) >= 11 is 1.59. The van der Waals surface area contributed by atoms with Gasteiger partial charge in [-0.2, -0.15) is 0 Å². The van der Waals surface area contributed by atoms with Crippen LogP contribution in [0.1, 0.15) is 73.3 Å². The van der Waals surface area contributed by atoms with Crippen LogP contribution in [0.15, 0.2) is 12.1 Å². The first kappa shape index (κ1) is 21.4. The molecule has 4 nitrogen and oxygen atoms in total. The summed E-state index contributed by atoms with van der Waals surface area (Å²) in [5.74, 6) is 2.08. The molecule has 2 amide bonds. The smallest absolute Gasteiger partial charge is 0.263 e. The minimum Gasteiger partial charge on any atom is -0.342 e. The van der Waals surface area contributed by atoms with Gasteiger partial charge in [0.2, 0.25) is 5.91 Å². The van der Waals surface area contributed by atoms with Crippen molar-refractivity contribution >= 4 is 23.2 Å². The highest BCUT2D eigenvalue weighted by atomic mass is 32.1. The summed E-state index contributed by atoms with van der Waals surface area (Å²) in [5.41, 5.74) is 0. The summed E-state index contributed by atoms with van der Waals surface area (Å²) in [6, 6.07) is 3.97. The van der Waals surface area contributed by atoms with E-state index in [1.54, 1.807) is 11.3 Å². The zero-order chi connectivity index (χ0) is 20.1. The molecule has 1 aliphatic heterocycles. The SMILES string of the molecule is CCN(C[C@@H]1CCCN(C(=O)c2ccc(C)s2)CC1)C(=O)C1CCC(C)CC1. The molecule has 156 valence electrons. The van der Waals surface area contributed by atoms with Gasteiger partial charge in [0, 0.05) is 37.0 Å². The van der Waals surface area contributed by atoms with Gasteiger partial charge in [0.25, 0.3) is 5.91 Å². The lowest BCUT2D eigenvalue weighted by atomic mass is 9.82. The number of hydrogen-bond acceptors (Lipinski definition) is 3. The molecule has 3 rings (SSSR count). The molecule has 2 heterocycles. The highest BCUT2D eigenvalue weighted by Crippen LogP contribution is 2.30. The van der Waals surface area contributed by atoms with Crippen molar-refractivity contribution in [3.63, 3.8) is 0 Å². The van der Waals surface area contributed by atoms with Crippen LogP contribution in [0, 0.1) is 24.7 Å². The fourth-order valence-electron chi connectivity index (χ4n) is 4.71. The Labute approximate surface area is 174 Å². The third-order valence-corrected chi connectivity index (χ3v) is 7.61. The van der Waals surface area contributed by atoms with Crippen LogP contribution >= 0.6 is 11.3 Å². The molecular formula is C23H36N2O2S. The number of carbonyl (C=O) groups excluding carboxylic acids is 2. The van der Waals surface area contributed by atoms with E-state index in [2.05, 4.69) is 18.7 Å². The maximum absolute atomic E-state index is 13.0. The number of likely N-dealkylation sites (tertiary alicyclic amines) is 1. The molecular weight excluding hydrogens is 368 g/mol. The van der Waals surface area contributed by atoms with Gasteiger partial charge in [0.1, 0.15) is 0 Å². The molecule has 2 fully saturated rings. The minimum atomic E-state index is 0.179. The number of thiophene rings is 1. The van der Waals surface area contributed by atoms with Crippen molar-refractivity contribution in [2.75, 3.05) is 26.2 Å². The standard InChI is InChI=1S/C23H36N2O2S/c1-4-24(22(26)20-10-7-17(2)8-11-20)16-19-6-5-14-25(15-13-19)23(27)21-12-9-18(3)28-21/h9,12,17,19-20H,4-8,10-11,13-16H2,1-3H3/t17?,19-,20?/m1/s1. The summed E-state index contributed by atoms with van der Waals surface area (Å²) in [7, 11) is 0. The van der Waals surface area contributed by atoms with E-state index >= 15 is 0 Å². The average Bonchev–Trinajstić information content (AvgIpc) is 2.99. The summed E-state index contributed by atoms with van der Waals surface area (Å²) in [5, 5.41) is 0. The molecule has 5 heteroatoms. The van der Waals surface area contributed by atoms with Gasteiger partial charge in [-0.15, -0.1) is 11.3 Å². The molecule has 1 saturated carbocycles. The maximum atomic E-state index is 13.0. The maximum Gasteiger partial charge on any atom is 0.263 e. The number of nitrogens with zero attached hydrogens (tertiary/aromatic N) is 2. The van der Waals surface area contributed by atoms with E-state index in [-0.39, 0.29) is 11.8 Å². The van der Waals surface area contributed by atoms with Crippen molar-refractivity contribution in [2.24, 2.45) is 17.8 Å². The highest BCUT2D eigenvalue weighted by molar-refractivity contribution is 7.13. The second kappa shape index (κ2) is 9.91. The van der Waals surface area contributed by atoms with E-state index in [1.807, 2.05) is 24.0 Å². The summed E-state index contributed by atoms with van der Waals surface area (Å²) < 4.78 is 0. The lowest BCUT2D eigenvalue weighted by Crippen LogP contribution is -2.40. The minimum absolute atomic E-state index is 0.179. The molecule has 0 aromatic carbocycles. The van der Waals surface area contributed by atoms with Crippen LogP contribution in [0.4, 0.5) is 0 Å². The van der Waals surface area contributed by atoms with Crippen LogP contribution in [0.3, 0.4) is 0 Å². The topological polar surface area (TPSA) is 40.6 Å². The first-order valence-electron chi connectivity index (χ1n) is 11.1. The molecule has 0 unspecified atom stereocenters. The molecule has 28 heavy (non-hydrogen) atoms. The highest BCUT2D eigenvalue weighted by Gasteiger charge is 2.30. The van der Waals surface area contributed by atoms with Crippen LogP contribution in [0.25, 0.3) is 0 Å². The first-order valence-corrected chi connectivity index (χ1v) is 11.9. The summed E-state index contributed by atoms with van der Waals surface area (Å²) in [4.78, 5) is 31.9. The van der Waals surface area contributed by atoms with E-state index in [0.717, 1.165) is 69.1 Å². The number of amides is 2. The Morgan fingerprint density at radius 1 is 1.11 bits per heavy atom. The van der Waals surface area contributed by atoms with Crippen LogP contribution in [0.5, 0.6) is 0 Å². The molecule has 1 saturated heterocycles. The van der Waals surface area contributed by atoms with E-state index < -0.39 is 0 Å².